The van der Waals surface area contributed by atoms with Gasteiger partial charge in [-0.05, 0) is 30.3 Å². The highest BCUT2D eigenvalue weighted by atomic mass is 35.5. The van der Waals surface area contributed by atoms with Gasteiger partial charge in [0.05, 0.1) is 23.4 Å². The second-order valence-corrected chi connectivity index (χ2v) is 4.46. The van der Waals surface area contributed by atoms with Gasteiger partial charge in [-0.3, -0.25) is 9.59 Å². The molecule has 6 nitrogen and oxygen atoms in total. The molecule has 1 heterocycles. The highest BCUT2D eigenvalue weighted by Crippen LogP contribution is 2.23. The fraction of sp³-hybridized carbons (Fsp3) is 0.0714. The van der Waals surface area contributed by atoms with Gasteiger partial charge in [0.2, 0.25) is 0 Å². The van der Waals surface area contributed by atoms with Crippen molar-refractivity contribution in [1.82, 2.24) is 4.98 Å². The zero-order chi connectivity index (χ0) is 15.4. The predicted octanol–water partition coefficient (Wildman–Crippen LogP) is 2.07. The molecular formula is C14H11ClN2O4. The van der Waals surface area contributed by atoms with Gasteiger partial charge in [0.25, 0.3) is 11.5 Å². The van der Waals surface area contributed by atoms with Gasteiger partial charge in [-0.15, -0.1) is 0 Å². The largest absolute Gasteiger partial charge is 0.465 e. The van der Waals surface area contributed by atoms with Crippen molar-refractivity contribution in [2.45, 2.75) is 0 Å². The van der Waals surface area contributed by atoms with Crippen molar-refractivity contribution in [1.29, 1.82) is 0 Å². The van der Waals surface area contributed by atoms with Crippen LogP contribution in [0.3, 0.4) is 0 Å². The standard InChI is InChI=1S/C14H11ClN2O4/c1-21-14(20)8-4-5-10(15)11(7-8)17-13(19)9-3-2-6-16-12(9)18/h2-7H,1H3,(H,16,18)(H,17,19). The van der Waals surface area contributed by atoms with Crippen LogP contribution in [-0.4, -0.2) is 24.0 Å². The van der Waals surface area contributed by atoms with Crippen LogP contribution in [0.15, 0.2) is 41.3 Å². The second kappa shape index (κ2) is 6.23. The Balaban J connectivity index is 2.31. The van der Waals surface area contributed by atoms with Gasteiger partial charge in [-0.1, -0.05) is 11.6 Å². The minimum absolute atomic E-state index is 0.0583. The van der Waals surface area contributed by atoms with Gasteiger partial charge in [0.15, 0.2) is 0 Å². The first-order valence-corrected chi connectivity index (χ1v) is 6.27. The number of carbonyl (C=O) groups is 2. The lowest BCUT2D eigenvalue weighted by molar-refractivity contribution is 0.0600. The Morgan fingerprint density at radius 3 is 2.71 bits per heavy atom. The molecule has 7 heteroatoms. The van der Waals surface area contributed by atoms with E-state index in [1.807, 2.05) is 0 Å². The van der Waals surface area contributed by atoms with Crippen molar-refractivity contribution in [2.24, 2.45) is 0 Å². The number of H-pyrrole nitrogens is 1. The molecule has 0 unspecified atom stereocenters. The molecule has 1 aromatic carbocycles. The van der Waals surface area contributed by atoms with Crippen molar-refractivity contribution >= 4 is 29.2 Å². The zero-order valence-electron chi connectivity index (χ0n) is 11.0. The number of aromatic nitrogens is 1. The lowest BCUT2D eigenvalue weighted by Gasteiger charge is -2.08. The van der Waals surface area contributed by atoms with E-state index in [0.29, 0.717) is 0 Å². The first kappa shape index (κ1) is 14.8. The third-order valence-corrected chi connectivity index (χ3v) is 3.03. The Labute approximate surface area is 124 Å². The number of rotatable bonds is 3. The molecule has 0 radical (unpaired) electrons. The van der Waals surface area contributed by atoms with Crippen molar-refractivity contribution in [3.05, 3.63) is 63.0 Å². The summed E-state index contributed by atoms with van der Waals surface area (Å²) in [5, 5.41) is 2.73. The number of ether oxygens (including phenoxy) is 1. The maximum Gasteiger partial charge on any atom is 0.337 e. The molecule has 1 aromatic heterocycles. The van der Waals surface area contributed by atoms with Gasteiger partial charge in [-0.2, -0.15) is 0 Å². The zero-order valence-corrected chi connectivity index (χ0v) is 11.7. The summed E-state index contributed by atoms with van der Waals surface area (Å²) in [4.78, 5) is 37.4. The lowest BCUT2D eigenvalue weighted by Crippen LogP contribution is -2.22. The van der Waals surface area contributed by atoms with Crippen LogP contribution in [0.2, 0.25) is 5.02 Å². The normalized spacial score (nSPS) is 10.0. The third kappa shape index (κ3) is 3.29. The van der Waals surface area contributed by atoms with Crippen molar-refractivity contribution in [3.63, 3.8) is 0 Å². The van der Waals surface area contributed by atoms with Crippen molar-refractivity contribution < 1.29 is 14.3 Å². The number of nitrogens with one attached hydrogen (secondary N) is 2. The van der Waals surface area contributed by atoms with Crippen LogP contribution in [-0.2, 0) is 4.74 Å². The van der Waals surface area contributed by atoms with Crippen LogP contribution < -0.4 is 10.9 Å². The molecule has 0 fully saturated rings. The number of aromatic amines is 1. The SMILES string of the molecule is COC(=O)c1ccc(Cl)c(NC(=O)c2ccc[nH]c2=O)c1. The Morgan fingerprint density at radius 1 is 1.29 bits per heavy atom. The summed E-state index contributed by atoms with van der Waals surface area (Å²) in [5.74, 6) is -1.18. The Hall–Kier alpha value is -2.60. The monoisotopic (exact) mass is 306 g/mol. The van der Waals surface area contributed by atoms with E-state index in [1.54, 1.807) is 0 Å². The van der Waals surface area contributed by atoms with Gasteiger partial charge in [0.1, 0.15) is 5.56 Å². The summed E-state index contributed by atoms with van der Waals surface area (Å²) in [7, 11) is 1.25. The van der Waals surface area contributed by atoms with Crippen LogP contribution in [0.5, 0.6) is 0 Å². The topological polar surface area (TPSA) is 88.3 Å². The van der Waals surface area contributed by atoms with E-state index >= 15 is 0 Å². The van der Waals surface area contributed by atoms with Crippen molar-refractivity contribution in [3.8, 4) is 0 Å². The van der Waals surface area contributed by atoms with Gasteiger partial charge >= 0.3 is 5.97 Å². The number of hydrogen-bond donors (Lipinski definition) is 2. The molecule has 1 amide bonds. The van der Waals surface area contributed by atoms with Crippen LogP contribution in [0.25, 0.3) is 0 Å². The number of methoxy groups -OCH3 is 1. The van der Waals surface area contributed by atoms with Crippen molar-refractivity contribution in [2.75, 3.05) is 12.4 Å². The minimum Gasteiger partial charge on any atom is -0.465 e. The molecule has 2 N–H and O–H groups in total. The van der Waals surface area contributed by atoms with Crippen LogP contribution >= 0.6 is 11.6 Å². The molecule has 0 saturated heterocycles. The molecule has 0 atom stereocenters. The molecule has 0 saturated carbocycles. The van der Waals surface area contributed by atoms with E-state index in [-0.39, 0.29) is 21.8 Å². The summed E-state index contributed by atoms with van der Waals surface area (Å²) in [5.41, 5.74) is -0.126. The minimum atomic E-state index is -0.624. The fourth-order valence-corrected chi connectivity index (χ4v) is 1.82. The lowest BCUT2D eigenvalue weighted by atomic mass is 10.2. The van der Waals surface area contributed by atoms with Crippen LogP contribution in [0.1, 0.15) is 20.7 Å². The molecule has 2 aromatic rings. The molecule has 0 aliphatic rings. The predicted molar refractivity (Wildman–Crippen MR) is 77.8 cm³/mol. The second-order valence-electron chi connectivity index (χ2n) is 4.05. The number of hydrogen-bond acceptors (Lipinski definition) is 4. The highest BCUT2D eigenvalue weighted by Gasteiger charge is 2.14. The average molecular weight is 307 g/mol. The Morgan fingerprint density at radius 2 is 2.05 bits per heavy atom. The van der Waals surface area contributed by atoms with E-state index in [9.17, 15) is 14.4 Å². The Kier molecular flexibility index (Phi) is 4.39. The summed E-state index contributed by atoms with van der Waals surface area (Å²) in [6, 6.07) is 7.22. The molecular weight excluding hydrogens is 296 g/mol. The number of carbonyl (C=O) groups excluding carboxylic acids is 2. The third-order valence-electron chi connectivity index (χ3n) is 2.70. The molecule has 108 valence electrons. The number of benzene rings is 1. The average Bonchev–Trinajstić information content (AvgIpc) is 2.49. The summed E-state index contributed by atoms with van der Waals surface area (Å²) in [6.45, 7) is 0. The highest BCUT2D eigenvalue weighted by molar-refractivity contribution is 6.34. The number of halogens is 1. The van der Waals surface area contributed by atoms with E-state index in [4.69, 9.17) is 11.6 Å². The fourth-order valence-electron chi connectivity index (χ4n) is 1.66. The molecule has 2 rings (SSSR count). The van der Waals surface area contributed by atoms with E-state index in [2.05, 4.69) is 15.0 Å². The molecule has 0 bridgehead atoms. The maximum absolute atomic E-state index is 12.0. The number of anilines is 1. The number of pyridine rings is 1. The molecule has 21 heavy (non-hydrogen) atoms. The first-order chi connectivity index (χ1) is 10.0. The van der Waals surface area contributed by atoms with E-state index < -0.39 is 17.4 Å². The molecule has 0 aliphatic heterocycles. The van der Waals surface area contributed by atoms with Gasteiger partial charge < -0.3 is 15.0 Å². The van der Waals surface area contributed by atoms with E-state index in [1.165, 1.54) is 43.6 Å². The Bertz CT molecular complexity index is 755. The van der Waals surface area contributed by atoms with Gasteiger partial charge in [0, 0.05) is 6.20 Å². The van der Waals surface area contributed by atoms with Crippen LogP contribution in [0.4, 0.5) is 5.69 Å². The van der Waals surface area contributed by atoms with E-state index in [0.717, 1.165) is 0 Å². The smallest absolute Gasteiger partial charge is 0.337 e. The molecule has 0 spiro atoms. The van der Waals surface area contributed by atoms with Crippen LogP contribution in [0, 0.1) is 0 Å². The number of esters is 1. The maximum atomic E-state index is 12.0. The molecule has 0 aliphatic carbocycles. The van der Waals surface area contributed by atoms with Gasteiger partial charge in [-0.25, -0.2) is 4.79 Å². The quantitative estimate of drug-likeness (QED) is 0.850. The summed E-state index contributed by atoms with van der Waals surface area (Å²) >= 11 is 5.96. The summed E-state index contributed by atoms with van der Waals surface area (Å²) in [6.07, 6.45) is 1.42. The summed E-state index contributed by atoms with van der Waals surface area (Å²) < 4.78 is 4.59. The first-order valence-electron chi connectivity index (χ1n) is 5.90. The number of amides is 1.